The van der Waals surface area contributed by atoms with E-state index in [0.717, 1.165) is 12.1 Å². The monoisotopic (exact) mass is 196 g/mol. The van der Waals surface area contributed by atoms with Crippen molar-refractivity contribution in [3.05, 3.63) is 41.0 Å². The van der Waals surface area contributed by atoms with Crippen molar-refractivity contribution >= 4 is 6.08 Å². The van der Waals surface area contributed by atoms with E-state index in [9.17, 15) is 13.9 Å². The first-order chi connectivity index (χ1) is 6.61. The summed E-state index contributed by atoms with van der Waals surface area (Å²) < 4.78 is 26.5. The van der Waals surface area contributed by atoms with Gasteiger partial charge in [-0.1, -0.05) is 19.1 Å². The van der Waals surface area contributed by atoms with Gasteiger partial charge >= 0.3 is 0 Å². The topological polar surface area (TPSA) is 20.2 Å². The van der Waals surface area contributed by atoms with Crippen molar-refractivity contribution in [2.75, 3.05) is 0 Å². The summed E-state index contributed by atoms with van der Waals surface area (Å²) in [6, 6.07) is 2.12. The summed E-state index contributed by atoms with van der Waals surface area (Å²) in [6.45, 7) is 1.76. The van der Waals surface area contributed by atoms with Crippen LogP contribution in [0.2, 0.25) is 0 Å². The lowest BCUT2D eigenvalue weighted by Crippen LogP contribution is -2.15. The van der Waals surface area contributed by atoms with Crippen LogP contribution in [-0.4, -0.2) is 5.11 Å². The highest BCUT2D eigenvalue weighted by atomic mass is 19.1. The molecular weight excluding hydrogens is 186 g/mol. The summed E-state index contributed by atoms with van der Waals surface area (Å²) in [6.07, 6.45) is 2.24. The normalized spacial score (nSPS) is 24.9. The van der Waals surface area contributed by atoms with E-state index < -0.39 is 17.7 Å². The van der Waals surface area contributed by atoms with Crippen LogP contribution in [0, 0.1) is 17.6 Å². The number of aliphatic hydroxyl groups excluding tert-OH is 1. The quantitative estimate of drug-likeness (QED) is 0.676. The highest BCUT2D eigenvalue weighted by Gasteiger charge is 2.25. The molecule has 0 heterocycles. The van der Waals surface area contributed by atoms with Crippen LogP contribution in [0.4, 0.5) is 8.78 Å². The highest BCUT2D eigenvalue weighted by molar-refractivity contribution is 5.58. The number of aliphatic hydroxyl groups is 1. The summed E-state index contributed by atoms with van der Waals surface area (Å²) in [5.41, 5.74) is 0.232. The Morgan fingerprint density at radius 2 is 1.86 bits per heavy atom. The molecule has 0 radical (unpaired) electrons. The van der Waals surface area contributed by atoms with Crippen LogP contribution in [0.5, 0.6) is 0 Å². The van der Waals surface area contributed by atoms with Gasteiger partial charge in [0.25, 0.3) is 0 Å². The van der Waals surface area contributed by atoms with Crippen LogP contribution in [0.25, 0.3) is 6.08 Å². The number of fused-ring (bicyclic) bond motifs is 1. The molecule has 74 valence electrons. The predicted molar refractivity (Wildman–Crippen MR) is 49.5 cm³/mol. The van der Waals surface area contributed by atoms with Gasteiger partial charge in [0.15, 0.2) is 0 Å². The number of rotatable bonds is 0. The van der Waals surface area contributed by atoms with Crippen LogP contribution >= 0.6 is 0 Å². The summed E-state index contributed by atoms with van der Waals surface area (Å²) in [7, 11) is 0. The molecule has 1 aliphatic carbocycles. The Morgan fingerprint density at radius 1 is 1.21 bits per heavy atom. The fourth-order valence-corrected chi connectivity index (χ4v) is 1.67. The average Bonchev–Trinajstić information content (AvgIpc) is 2.16. The van der Waals surface area contributed by atoms with Gasteiger partial charge in [0.05, 0.1) is 6.10 Å². The Balaban J connectivity index is 2.67. The molecule has 2 atom stereocenters. The molecule has 1 nitrogen and oxygen atoms in total. The minimum Gasteiger partial charge on any atom is -0.388 e. The third-order valence-electron chi connectivity index (χ3n) is 2.54. The Hall–Kier alpha value is -1.22. The van der Waals surface area contributed by atoms with Crippen molar-refractivity contribution < 1.29 is 13.9 Å². The van der Waals surface area contributed by atoms with Gasteiger partial charge in [0.2, 0.25) is 0 Å². The van der Waals surface area contributed by atoms with Gasteiger partial charge in [-0.25, -0.2) is 8.78 Å². The fraction of sp³-hybridized carbons (Fsp3) is 0.273. The summed E-state index contributed by atoms with van der Waals surface area (Å²) in [4.78, 5) is 0. The van der Waals surface area contributed by atoms with Gasteiger partial charge in [-0.2, -0.15) is 0 Å². The van der Waals surface area contributed by atoms with E-state index in [1.807, 2.05) is 0 Å². The molecular formula is C11H10F2O. The van der Waals surface area contributed by atoms with Gasteiger partial charge in [0, 0.05) is 17.0 Å². The lowest BCUT2D eigenvalue weighted by Gasteiger charge is -2.23. The van der Waals surface area contributed by atoms with Crippen molar-refractivity contribution in [3.8, 4) is 0 Å². The van der Waals surface area contributed by atoms with Gasteiger partial charge in [-0.05, 0) is 12.1 Å². The maximum atomic E-state index is 13.3. The van der Waals surface area contributed by atoms with E-state index in [4.69, 9.17) is 0 Å². The minimum absolute atomic E-state index is 0.0694. The molecule has 1 aliphatic rings. The van der Waals surface area contributed by atoms with E-state index >= 15 is 0 Å². The second-order valence-electron chi connectivity index (χ2n) is 3.52. The second kappa shape index (κ2) is 3.17. The van der Waals surface area contributed by atoms with Crippen LogP contribution < -0.4 is 0 Å². The summed E-state index contributed by atoms with van der Waals surface area (Å²) in [5, 5.41) is 9.68. The molecule has 0 aromatic heterocycles. The standard InChI is InChI=1S/C11H10F2O/c1-6-2-3-7-8(12)4-5-9(13)10(7)11(6)14/h2-6,11,14H,1H3/t6-,11-/m1/s1. The molecule has 0 bridgehead atoms. The number of hydrogen-bond donors (Lipinski definition) is 1. The third-order valence-corrected chi connectivity index (χ3v) is 2.54. The summed E-state index contributed by atoms with van der Waals surface area (Å²) >= 11 is 0. The van der Waals surface area contributed by atoms with Crippen molar-refractivity contribution in [2.24, 2.45) is 5.92 Å². The highest BCUT2D eigenvalue weighted by Crippen LogP contribution is 2.34. The molecule has 0 spiro atoms. The molecule has 0 saturated heterocycles. The van der Waals surface area contributed by atoms with Crippen LogP contribution in [0.3, 0.4) is 0 Å². The van der Waals surface area contributed by atoms with Crippen LogP contribution in [0.15, 0.2) is 18.2 Å². The van der Waals surface area contributed by atoms with E-state index in [-0.39, 0.29) is 17.0 Å². The first-order valence-electron chi connectivity index (χ1n) is 4.45. The second-order valence-corrected chi connectivity index (χ2v) is 3.52. The Labute approximate surface area is 80.7 Å². The molecule has 0 unspecified atom stereocenters. The maximum absolute atomic E-state index is 13.3. The van der Waals surface area contributed by atoms with Crippen molar-refractivity contribution in [1.29, 1.82) is 0 Å². The van der Waals surface area contributed by atoms with E-state index in [0.29, 0.717) is 0 Å². The van der Waals surface area contributed by atoms with E-state index in [1.54, 1.807) is 13.0 Å². The Bertz CT molecular complexity index is 399. The zero-order valence-corrected chi connectivity index (χ0v) is 7.67. The molecule has 3 heteroatoms. The first kappa shape index (κ1) is 9.34. The zero-order valence-electron chi connectivity index (χ0n) is 7.67. The van der Waals surface area contributed by atoms with Crippen molar-refractivity contribution in [1.82, 2.24) is 0 Å². The Morgan fingerprint density at radius 3 is 2.57 bits per heavy atom. The predicted octanol–water partition coefficient (Wildman–Crippen LogP) is 2.66. The fourth-order valence-electron chi connectivity index (χ4n) is 1.67. The third kappa shape index (κ3) is 1.24. The van der Waals surface area contributed by atoms with E-state index in [1.165, 1.54) is 6.08 Å². The lowest BCUT2D eigenvalue weighted by molar-refractivity contribution is 0.133. The zero-order chi connectivity index (χ0) is 10.3. The number of halogens is 2. The molecule has 0 aliphatic heterocycles. The van der Waals surface area contributed by atoms with Crippen molar-refractivity contribution in [2.45, 2.75) is 13.0 Å². The van der Waals surface area contributed by atoms with Gasteiger partial charge in [-0.15, -0.1) is 0 Å². The smallest absolute Gasteiger partial charge is 0.130 e. The van der Waals surface area contributed by atoms with Gasteiger partial charge in [-0.3, -0.25) is 0 Å². The molecule has 1 N–H and O–H groups in total. The van der Waals surface area contributed by atoms with E-state index in [2.05, 4.69) is 0 Å². The van der Waals surface area contributed by atoms with Crippen LogP contribution in [-0.2, 0) is 0 Å². The molecule has 0 fully saturated rings. The number of hydrogen-bond acceptors (Lipinski definition) is 1. The Kier molecular flexibility index (Phi) is 2.11. The maximum Gasteiger partial charge on any atom is 0.130 e. The SMILES string of the molecule is C[C@@H]1C=Cc2c(F)ccc(F)c2[C@@H]1O. The average molecular weight is 196 g/mol. The number of benzene rings is 1. The van der Waals surface area contributed by atoms with Gasteiger partial charge in [0.1, 0.15) is 11.6 Å². The molecule has 1 aromatic rings. The molecule has 0 amide bonds. The molecule has 14 heavy (non-hydrogen) atoms. The first-order valence-corrected chi connectivity index (χ1v) is 4.45. The molecule has 1 aromatic carbocycles. The molecule has 0 saturated carbocycles. The minimum atomic E-state index is -0.953. The van der Waals surface area contributed by atoms with Crippen molar-refractivity contribution in [3.63, 3.8) is 0 Å². The molecule has 2 rings (SSSR count). The summed E-state index contributed by atoms with van der Waals surface area (Å²) in [5.74, 6) is -1.23. The van der Waals surface area contributed by atoms with Gasteiger partial charge < -0.3 is 5.11 Å². The lowest BCUT2D eigenvalue weighted by atomic mass is 9.87. The van der Waals surface area contributed by atoms with Crippen LogP contribution in [0.1, 0.15) is 24.2 Å². The largest absolute Gasteiger partial charge is 0.388 e.